The van der Waals surface area contributed by atoms with E-state index in [9.17, 15) is 35.9 Å². The molecule has 0 unspecified atom stereocenters. The lowest BCUT2D eigenvalue weighted by Crippen LogP contribution is -2.42. The van der Waals surface area contributed by atoms with E-state index in [1.807, 2.05) is 0 Å². The number of nitrogens with zero attached hydrogens (tertiary/aromatic N) is 4. The number of aromatic nitrogens is 3. The Hall–Kier alpha value is -4.69. The van der Waals surface area contributed by atoms with Gasteiger partial charge in [-0.25, -0.2) is 27.1 Å². The highest BCUT2D eigenvalue weighted by atomic mass is 19.4. The molecule has 0 radical (unpaired) electrons. The molecule has 1 aliphatic rings. The molecule has 1 fully saturated rings. The molecule has 2 amide bonds. The summed E-state index contributed by atoms with van der Waals surface area (Å²) in [5.41, 5.74) is 2.30. The van der Waals surface area contributed by atoms with E-state index in [0.29, 0.717) is 6.07 Å². The van der Waals surface area contributed by atoms with Gasteiger partial charge in [0.15, 0.2) is 17.5 Å². The van der Waals surface area contributed by atoms with E-state index in [2.05, 4.69) is 15.4 Å². The van der Waals surface area contributed by atoms with Crippen molar-refractivity contribution in [2.45, 2.75) is 25.3 Å². The SMILES string of the molecule is Cc1cc(F)c(-c2cc(C(F)(F)F)c3c(N)ncnn23)cc1C(=O)N[C@@H]1CN(C(=O)c2cccc(F)c2F)C[C@@H]1F. The molecule has 0 spiro atoms. The summed E-state index contributed by atoms with van der Waals surface area (Å²) in [5.74, 6) is -6.02. The first-order chi connectivity index (χ1) is 19.3. The number of carbonyl (C=O) groups is 2. The molecule has 3 N–H and O–H groups in total. The van der Waals surface area contributed by atoms with Crippen LogP contribution in [0.15, 0.2) is 42.7 Å². The summed E-state index contributed by atoms with van der Waals surface area (Å²) in [6.07, 6.45) is -5.79. The average Bonchev–Trinajstić information content (AvgIpc) is 3.47. The Morgan fingerprint density at radius 3 is 2.49 bits per heavy atom. The van der Waals surface area contributed by atoms with E-state index < -0.39 is 82.2 Å². The maximum absolute atomic E-state index is 15.1. The number of nitrogen functional groups attached to an aromatic ring is 1. The van der Waals surface area contributed by atoms with Crippen LogP contribution in [0.25, 0.3) is 16.8 Å². The Bertz CT molecular complexity index is 1700. The molecule has 214 valence electrons. The van der Waals surface area contributed by atoms with Gasteiger partial charge in [0.05, 0.1) is 29.4 Å². The van der Waals surface area contributed by atoms with Crippen LogP contribution in [0, 0.1) is 24.4 Å². The topological polar surface area (TPSA) is 106 Å². The minimum atomic E-state index is -4.89. The quantitative estimate of drug-likeness (QED) is 0.350. The predicted molar refractivity (Wildman–Crippen MR) is 131 cm³/mol. The molecule has 8 nitrogen and oxygen atoms in total. The van der Waals surface area contributed by atoms with Crippen LogP contribution in [0.1, 0.15) is 31.8 Å². The van der Waals surface area contributed by atoms with Crippen LogP contribution in [0.3, 0.4) is 0 Å². The monoisotopic (exact) mass is 580 g/mol. The normalized spacial score (nSPS) is 17.3. The van der Waals surface area contributed by atoms with Crippen molar-refractivity contribution < 1.29 is 40.3 Å². The molecule has 0 aliphatic carbocycles. The highest BCUT2D eigenvalue weighted by molar-refractivity contribution is 5.98. The third kappa shape index (κ3) is 4.91. The third-order valence-electron chi connectivity index (χ3n) is 6.76. The lowest BCUT2D eigenvalue weighted by Gasteiger charge is -2.18. The van der Waals surface area contributed by atoms with Crippen LogP contribution >= 0.6 is 0 Å². The van der Waals surface area contributed by atoms with Gasteiger partial charge in [0.1, 0.15) is 23.8 Å². The van der Waals surface area contributed by atoms with Gasteiger partial charge in [0.25, 0.3) is 11.8 Å². The summed E-state index contributed by atoms with van der Waals surface area (Å²) in [5, 5.41) is 6.16. The molecule has 1 aliphatic heterocycles. The second-order valence-corrected chi connectivity index (χ2v) is 9.40. The summed E-state index contributed by atoms with van der Waals surface area (Å²) >= 11 is 0. The number of halogens is 7. The number of benzene rings is 2. The molecule has 2 atom stereocenters. The number of anilines is 1. The van der Waals surface area contributed by atoms with Crippen molar-refractivity contribution in [1.29, 1.82) is 0 Å². The summed E-state index contributed by atoms with van der Waals surface area (Å²) in [6, 6.07) is 4.25. The predicted octanol–water partition coefficient (Wildman–Crippen LogP) is 4.32. The van der Waals surface area contributed by atoms with Crippen LogP contribution in [0.2, 0.25) is 0 Å². The van der Waals surface area contributed by atoms with Crippen molar-refractivity contribution in [1.82, 2.24) is 24.8 Å². The Morgan fingerprint density at radius 2 is 1.78 bits per heavy atom. The lowest BCUT2D eigenvalue weighted by atomic mass is 10.0. The van der Waals surface area contributed by atoms with Crippen molar-refractivity contribution in [2.24, 2.45) is 0 Å². The van der Waals surface area contributed by atoms with Crippen molar-refractivity contribution in [3.63, 3.8) is 0 Å². The molecule has 4 aromatic rings. The summed E-state index contributed by atoms with van der Waals surface area (Å²) in [7, 11) is 0. The van der Waals surface area contributed by atoms with E-state index in [0.717, 1.165) is 46.1 Å². The number of alkyl halides is 4. The first-order valence-electron chi connectivity index (χ1n) is 12.0. The lowest BCUT2D eigenvalue weighted by molar-refractivity contribution is -0.136. The maximum atomic E-state index is 15.1. The van der Waals surface area contributed by atoms with Gasteiger partial charge in [0.2, 0.25) is 0 Å². The largest absolute Gasteiger partial charge is 0.418 e. The van der Waals surface area contributed by atoms with Crippen LogP contribution in [-0.4, -0.2) is 56.6 Å². The zero-order chi connectivity index (χ0) is 29.8. The van der Waals surface area contributed by atoms with Crippen LogP contribution in [-0.2, 0) is 6.18 Å². The Kier molecular flexibility index (Phi) is 6.83. The van der Waals surface area contributed by atoms with E-state index in [1.165, 1.54) is 6.92 Å². The third-order valence-corrected chi connectivity index (χ3v) is 6.76. The number of fused-ring (bicyclic) bond motifs is 1. The number of aryl methyl sites for hydroxylation is 1. The average molecular weight is 580 g/mol. The molecule has 3 heterocycles. The molecule has 15 heteroatoms. The molecule has 2 aromatic heterocycles. The number of hydrogen-bond acceptors (Lipinski definition) is 5. The number of likely N-dealkylation sites (tertiary alicyclic amines) is 1. The van der Waals surface area contributed by atoms with E-state index in [1.54, 1.807) is 0 Å². The molecule has 1 saturated heterocycles. The fourth-order valence-corrected chi connectivity index (χ4v) is 4.74. The van der Waals surface area contributed by atoms with Crippen molar-refractivity contribution in [2.75, 3.05) is 18.8 Å². The van der Waals surface area contributed by atoms with Gasteiger partial charge in [-0.05, 0) is 42.8 Å². The minimum absolute atomic E-state index is 0.0814. The second-order valence-electron chi connectivity index (χ2n) is 9.40. The number of nitrogens with two attached hydrogens (primary N) is 1. The summed E-state index contributed by atoms with van der Waals surface area (Å²) < 4.78 is 99.4. The zero-order valence-electron chi connectivity index (χ0n) is 20.9. The molecular formula is C26H19F7N6O2. The van der Waals surface area contributed by atoms with Crippen LogP contribution in [0.5, 0.6) is 0 Å². The van der Waals surface area contributed by atoms with Crippen molar-refractivity contribution >= 4 is 23.1 Å². The minimum Gasteiger partial charge on any atom is -0.382 e. The molecule has 0 bridgehead atoms. The van der Waals surface area contributed by atoms with Crippen LogP contribution < -0.4 is 11.1 Å². The Balaban J connectivity index is 1.44. The number of rotatable bonds is 4. The van der Waals surface area contributed by atoms with E-state index in [-0.39, 0.29) is 23.4 Å². The van der Waals surface area contributed by atoms with Gasteiger partial charge in [-0.3, -0.25) is 9.59 Å². The van der Waals surface area contributed by atoms with Gasteiger partial charge in [-0.15, -0.1) is 0 Å². The number of carbonyl (C=O) groups excluding carboxylic acids is 2. The standard InChI is InChI=1S/C26H19F7N6O2/c1-11-5-17(28)14(20-7-15(26(31,32)33)22-23(34)35-10-36-39(20)22)6-13(11)24(40)37-19-9-38(8-18(19)29)25(41)12-3-2-4-16(27)21(12)30/h2-7,10,18-19H,8-9H2,1H3,(H,37,40)(H2,34,35,36)/t18-,19+/m0/s1. The number of amides is 2. The smallest absolute Gasteiger partial charge is 0.382 e. The molecule has 0 saturated carbocycles. The van der Waals surface area contributed by atoms with Crippen molar-refractivity contribution in [3.8, 4) is 11.3 Å². The first-order valence-corrected chi connectivity index (χ1v) is 12.0. The number of nitrogens with one attached hydrogen (secondary N) is 1. The van der Waals surface area contributed by atoms with Gasteiger partial charge in [0, 0.05) is 17.7 Å². The molecule has 41 heavy (non-hydrogen) atoms. The van der Waals surface area contributed by atoms with Gasteiger partial charge < -0.3 is 16.0 Å². The van der Waals surface area contributed by atoms with Gasteiger partial charge in [-0.1, -0.05) is 6.07 Å². The summed E-state index contributed by atoms with van der Waals surface area (Å²) in [4.78, 5) is 30.3. The fourth-order valence-electron chi connectivity index (χ4n) is 4.74. The highest BCUT2D eigenvalue weighted by Crippen LogP contribution is 2.39. The van der Waals surface area contributed by atoms with E-state index >= 15 is 4.39 Å². The van der Waals surface area contributed by atoms with Crippen molar-refractivity contribution in [3.05, 3.63) is 82.4 Å². The fraction of sp³-hybridized carbons (Fsp3) is 0.231. The summed E-state index contributed by atoms with van der Waals surface area (Å²) in [6.45, 7) is 0.456. The molecule has 2 aromatic carbocycles. The van der Waals surface area contributed by atoms with Gasteiger partial charge in [-0.2, -0.15) is 18.3 Å². The Morgan fingerprint density at radius 1 is 1.05 bits per heavy atom. The Labute approximate surface area is 226 Å². The maximum Gasteiger partial charge on any atom is 0.418 e. The van der Waals surface area contributed by atoms with E-state index in [4.69, 9.17) is 5.73 Å². The second kappa shape index (κ2) is 10.1. The molecular weight excluding hydrogens is 561 g/mol. The number of hydrogen-bond donors (Lipinski definition) is 2. The highest BCUT2D eigenvalue weighted by Gasteiger charge is 2.39. The van der Waals surface area contributed by atoms with Gasteiger partial charge >= 0.3 is 6.18 Å². The van der Waals surface area contributed by atoms with Crippen LogP contribution in [0.4, 0.5) is 36.6 Å². The zero-order valence-corrected chi connectivity index (χ0v) is 20.9. The molecule has 5 rings (SSSR count). The first kappa shape index (κ1) is 27.9.